The molecule has 0 saturated carbocycles. The van der Waals surface area contributed by atoms with E-state index in [0.717, 1.165) is 25.1 Å². The molecule has 94 valence electrons. The van der Waals surface area contributed by atoms with Gasteiger partial charge in [0, 0.05) is 12.0 Å². The number of amides is 1. The average molecular weight is 257 g/mol. The molecule has 1 aliphatic rings. The third-order valence-electron chi connectivity index (χ3n) is 2.45. The minimum Gasteiger partial charge on any atom is -0.376 e. The summed E-state index contributed by atoms with van der Waals surface area (Å²) in [5.41, 5.74) is 2.79. The number of hydrogen-bond acceptors (Lipinski definition) is 6. The van der Waals surface area contributed by atoms with Crippen molar-refractivity contribution in [2.24, 2.45) is 5.84 Å². The van der Waals surface area contributed by atoms with Gasteiger partial charge in [0.2, 0.25) is 0 Å². The van der Waals surface area contributed by atoms with E-state index in [2.05, 4.69) is 4.98 Å². The molecule has 6 nitrogen and oxygen atoms in total. The Labute approximate surface area is 103 Å². The summed E-state index contributed by atoms with van der Waals surface area (Å²) in [5.74, 6) is 4.64. The largest absolute Gasteiger partial charge is 0.376 e. The molecule has 0 aromatic carbocycles. The number of nitrogens with two attached hydrogens (primary N) is 1. The number of hydrazine groups is 1. The summed E-state index contributed by atoms with van der Waals surface area (Å²) in [5, 5.41) is 2.14. The number of ether oxygens (including phenoxy) is 2. The van der Waals surface area contributed by atoms with Crippen LogP contribution >= 0.6 is 11.3 Å². The molecular weight excluding hydrogens is 242 g/mol. The summed E-state index contributed by atoms with van der Waals surface area (Å²) in [4.78, 5) is 15.3. The maximum atomic E-state index is 11.2. The SMILES string of the molecule is NNC(=O)c1nc(COCC2CCCO2)cs1. The smallest absolute Gasteiger partial charge is 0.294 e. The van der Waals surface area contributed by atoms with E-state index in [1.165, 1.54) is 11.3 Å². The maximum Gasteiger partial charge on any atom is 0.294 e. The molecule has 0 bridgehead atoms. The minimum absolute atomic E-state index is 0.209. The van der Waals surface area contributed by atoms with Crippen molar-refractivity contribution < 1.29 is 14.3 Å². The zero-order valence-electron chi connectivity index (χ0n) is 9.35. The highest BCUT2D eigenvalue weighted by atomic mass is 32.1. The molecule has 0 spiro atoms. The van der Waals surface area contributed by atoms with Crippen molar-refractivity contribution in [3.63, 3.8) is 0 Å². The van der Waals surface area contributed by atoms with Crippen LogP contribution in [0.2, 0.25) is 0 Å². The van der Waals surface area contributed by atoms with E-state index in [-0.39, 0.29) is 12.0 Å². The van der Waals surface area contributed by atoms with Crippen molar-refractivity contribution in [2.75, 3.05) is 13.2 Å². The van der Waals surface area contributed by atoms with E-state index in [0.29, 0.717) is 18.2 Å². The predicted molar refractivity (Wildman–Crippen MR) is 62.4 cm³/mol. The second-order valence-corrected chi connectivity index (χ2v) is 4.63. The van der Waals surface area contributed by atoms with Crippen LogP contribution in [0.25, 0.3) is 0 Å². The Morgan fingerprint density at radius 3 is 3.35 bits per heavy atom. The molecule has 1 aromatic rings. The molecule has 1 aromatic heterocycles. The second kappa shape index (κ2) is 6.06. The number of carbonyl (C=O) groups is 1. The van der Waals surface area contributed by atoms with Crippen molar-refractivity contribution in [3.8, 4) is 0 Å². The van der Waals surface area contributed by atoms with Gasteiger partial charge in [-0.15, -0.1) is 11.3 Å². The molecule has 1 atom stereocenters. The zero-order chi connectivity index (χ0) is 12.1. The van der Waals surface area contributed by atoms with E-state index in [4.69, 9.17) is 15.3 Å². The van der Waals surface area contributed by atoms with E-state index in [9.17, 15) is 4.79 Å². The molecule has 1 fully saturated rings. The van der Waals surface area contributed by atoms with Crippen molar-refractivity contribution in [2.45, 2.75) is 25.6 Å². The van der Waals surface area contributed by atoms with Crippen molar-refractivity contribution >= 4 is 17.2 Å². The first kappa shape index (κ1) is 12.4. The number of thiazole rings is 1. The molecule has 0 aliphatic carbocycles. The van der Waals surface area contributed by atoms with Crippen LogP contribution in [0, 0.1) is 0 Å². The maximum absolute atomic E-state index is 11.2. The first-order valence-electron chi connectivity index (χ1n) is 5.44. The standard InChI is InChI=1S/C10H15N3O3S/c11-13-9(14)10-12-7(6-17-10)4-15-5-8-2-1-3-16-8/h6,8H,1-5,11H2,(H,13,14). The van der Waals surface area contributed by atoms with Gasteiger partial charge in [-0.1, -0.05) is 0 Å². The summed E-state index contributed by atoms with van der Waals surface area (Å²) < 4.78 is 10.9. The zero-order valence-corrected chi connectivity index (χ0v) is 10.2. The molecule has 1 amide bonds. The van der Waals surface area contributed by atoms with Gasteiger partial charge in [0.15, 0.2) is 5.01 Å². The lowest BCUT2D eigenvalue weighted by Gasteiger charge is -2.08. The van der Waals surface area contributed by atoms with Crippen molar-refractivity contribution in [3.05, 3.63) is 16.1 Å². The first-order valence-corrected chi connectivity index (χ1v) is 6.32. The van der Waals surface area contributed by atoms with Crippen LogP contribution in [0.15, 0.2) is 5.38 Å². The van der Waals surface area contributed by atoms with E-state index in [1.807, 2.05) is 5.43 Å². The Morgan fingerprint density at radius 2 is 2.65 bits per heavy atom. The Morgan fingerprint density at radius 1 is 1.76 bits per heavy atom. The predicted octanol–water partition coefficient (Wildman–Crippen LogP) is 0.442. The number of nitrogens with one attached hydrogen (secondary N) is 1. The summed E-state index contributed by atoms with van der Waals surface area (Å²) >= 11 is 1.25. The normalized spacial score (nSPS) is 19.5. The molecule has 7 heteroatoms. The number of nitrogen functional groups attached to an aromatic ring is 1. The van der Waals surface area contributed by atoms with Crippen LogP contribution in [0.5, 0.6) is 0 Å². The molecule has 1 unspecified atom stereocenters. The highest BCUT2D eigenvalue weighted by Gasteiger charge is 2.16. The lowest BCUT2D eigenvalue weighted by molar-refractivity contribution is 0.00975. The highest BCUT2D eigenvalue weighted by Crippen LogP contribution is 2.14. The Hall–Kier alpha value is -1.02. The highest BCUT2D eigenvalue weighted by molar-refractivity contribution is 7.11. The van der Waals surface area contributed by atoms with Crippen LogP contribution in [-0.4, -0.2) is 30.2 Å². The number of rotatable bonds is 5. The summed E-state index contributed by atoms with van der Waals surface area (Å²) in [6, 6.07) is 0. The molecule has 3 N–H and O–H groups in total. The van der Waals surface area contributed by atoms with Crippen molar-refractivity contribution in [1.29, 1.82) is 0 Å². The third-order valence-corrected chi connectivity index (χ3v) is 3.34. The van der Waals surface area contributed by atoms with E-state index >= 15 is 0 Å². The van der Waals surface area contributed by atoms with Crippen LogP contribution in [0.4, 0.5) is 0 Å². The number of carbonyl (C=O) groups excluding carboxylic acids is 1. The quantitative estimate of drug-likeness (QED) is 0.454. The fourth-order valence-electron chi connectivity index (χ4n) is 1.61. The molecule has 17 heavy (non-hydrogen) atoms. The van der Waals surface area contributed by atoms with Gasteiger partial charge in [-0.25, -0.2) is 10.8 Å². The fraction of sp³-hybridized carbons (Fsp3) is 0.600. The topological polar surface area (TPSA) is 86.5 Å². The summed E-state index contributed by atoms with van der Waals surface area (Å²) in [7, 11) is 0. The number of aromatic nitrogens is 1. The Balaban J connectivity index is 1.74. The fourth-order valence-corrected chi connectivity index (χ4v) is 2.31. The minimum atomic E-state index is -0.375. The van der Waals surface area contributed by atoms with Crippen LogP contribution in [0.1, 0.15) is 28.3 Å². The lowest BCUT2D eigenvalue weighted by Crippen LogP contribution is -2.29. The Bertz CT molecular complexity index is 377. The van der Waals surface area contributed by atoms with Crippen LogP contribution in [0.3, 0.4) is 0 Å². The van der Waals surface area contributed by atoms with Crippen LogP contribution in [-0.2, 0) is 16.1 Å². The summed E-state index contributed by atoms with van der Waals surface area (Å²) in [6.45, 7) is 1.80. The van der Waals surface area contributed by atoms with Gasteiger partial charge >= 0.3 is 0 Å². The molecular formula is C10H15N3O3S. The number of hydrogen-bond donors (Lipinski definition) is 2. The Kier molecular flexibility index (Phi) is 4.43. The third kappa shape index (κ3) is 3.47. The van der Waals surface area contributed by atoms with Crippen molar-refractivity contribution in [1.82, 2.24) is 10.4 Å². The van der Waals surface area contributed by atoms with Crippen LogP contribution < -0.4 is 11.3 Å². The molecule has 1 aliphatic heterocycles. The van der Waals surface area contributed by atoms with E-state index in [1.54, 1.807) is 5.38 Å². The second-order valence-electron chi connectivity index (χ2n) is 3.77. The van der Waals surface area contributed by atoms with Gasteiger partial charge < -0.3 is 9.47 Å². The van der Waals surface area contributed by atoms with Gasteiger partial charge in [-0.3, -0.25) is 10.2 Å². The molecule has 2 rings (SSSR count). The lowest BCUT2D eigenvalue weighted by atomic mass is 10.2. The number of nitrogens with zero attached hydrogens (tertiary/aromatic N) is 1. The molecule has 2 heterocycles. The van der Waals surface area contributed by atoms with Gasteiger partial charge in [0.05, 0.1) is 25.0 Å². The monoisotopic (exact) mass is 257 g/mol. The summed E-state index contributed by atoms with van der Waals surface area (Å²) in [6.07, 6.45) is 2.36. The molecule has 0 radical (unpaired) electrons. The average Bonchev–Trinajstić information content (AvgIpc) is 2.99. The van der Waals surface area contributed by atoms with Gasteiger partial charge in [-0.2, -0.15) is 0 Å². The van der Waals surface area contributed by atoms with Gasteiger partial charge in [-0.05, 0) is 12.8 Å². The molecule has 1 saturated heterocycles. The van der Waals surface area contributed by atoms with Gasteiger partial charge in [0.1, 0.15) is 0 Å². The van der Waals surface area contributed by atoms with E-state index < -0.39 is 0 Å². The first-order chi connectivity index (χ1) is 8.29. The van der Waals surface area contributed by atoms with Gasteiger partial charge in [0.25, 0.3) is 5.91 Å².